The molecule has 32 heavy (non-hydrogen) atoms. The van der Waals surface area contributed by atoms with E-state index in [1.807, 2.05) is 37.7 Å². The molecule has 0 aliphatic carbocycles. The number of hydrogen-bond acceptors (Lipinski definition) is 6. The Bertz CT molecular complexity index is 1030. The SMILES string of the molecule is CCc1ccc(C(CNC(=O)Cc2csc(-c3ccc(OC)c(OC)c3)n2)N(C)C)cc1. The van der Waals surface area contributed by atoms with Crippen LogP contribution in [-0.4, -0.2) is 50.7 Å². The van der Waals surface area contributed by atoms with Crippen molar-refractivity contribution >= 4 is 17.2 Å². The Morgan fingerprint density at radius 2 is 1.81 bits per heavy atom. The first-order chi connectivity index (χ1) is 15.4. The maximum Gasteiger partial charge on any atom is 0.226 e. The Balaban J connectivity index is 1.62. The molecular formula is C25H31N3O3S. The van der Waals surface area contributed by atoms with Crippen LogP contribution in [0.25, 0.3) is 10.6 Å². The van der Waals surface area contributed by atoms with Crippen LogP contribution in [0.15, 0.2) is 47.8 Å². The summed E-state index contributed by atoms with van der Waals surface area (Å²) in [6.07, 6.45) is 1.27. The fraction of sp³-hybridized carbons (Fsp3) is 0.360. The number of aryl methyl sites for hydroxylation is 1. The number of nitrogens with zero attached hydrogens (tertiary/aromatic N) is 2. The summed E-state index contributed by atoms with van der Waals surface area (Å²) in [7, 11) is 7.28. The van der Waals surface area contributed by atoms with Crippen LogP contribution in [0.3, 0.4) is 0 Å². The number of nitrogens with one attached hydrogen (secondary N) is 1. The molecule has 2 aromatic carbocycles. The van der Waals surface area contributed by atoms with E-state index in [1.54, 1.807) is 14.2 Å². The molecule has 0 saturated heterocycles. The average molecular weight is 454 g/mol. The van der Waals surface area contributed by atoms with Gasteiger partial charge in [0.15, 0.2) is 11.5 Å². The van der Waals surface area contributed by atoms with Gasteiger partial charge in [0.1, 0.15) is 5.01 Å². The van der Waals surface area contributed by atoms with E-state index in [-0.39, 0.29) is 18.4 Å². The lowest BCUT2D eigenvalue weighted by molar-refractivity contribution is -0.120. The van der Waals surface area contributed by atoms with Crippen molar-refractivity contribution in [3.63, 3.8) is 0 Å². The largest absolute Gasteiger partial charge is 0.493 e. The third-order valence-electron chi connectivity index (χ3n) is 5.41. The van der Waals surface area contributed by atoms with Crippen LogP contribution in [-0.2, 0) is 17.6 Å². The number of benzene rings is 2. The number of carbonyl (C=O) groups is 1. The summed E-state index contributed by atoms with van der Waals surface area (Å²) in [4.78, 5) is 19.4. The topological polar surface area (TPSA) is 63.7 Å². The molecule has 170 valence electrons. The first-order valence-electron chi connectivity index (χ1n) is 10.6. The van der Waals surface area contributed by atoms with E-state index in [0.717, 1.165) is 22.7 Å². The molecule has 0 bridgehead atoms. The number of methoxy groups -OCH3 is 2. The molecule has 1 atom stereocenters. The molecule has 1 aromatic heterocycles. The molecule has 1 amide bonds. The lowest BCUT2D eigenvalue weighted by Crippen LogP contribution is -2.35. The molecule has 0 radical (unpaired) electrons. The predicted molar refractivity (Wildman–Crippen MR) is 130 cm³/mol. The summed E-state index contributed by atoms with van der Waals surface area (Å²) in [6.45, 7) is 2.69. The summed E-state index contributed by atoms with van der Waals surface area (Å²) in [6, 6.07) is 14.4. The van der Waals surface area contributed by atoms with Crippen molar-refractivity contribution in [2.24, 2.45) is 0 Å². The summed E-state index contributed by atoms with van der Waals surface area (Å²) in [5.41, 5.74) is 4.19. The van der Waals surface area contributed by atoms with Gasteiger partial charge < -0.3 is 19.7 Å². The van der Waals surface area contributed by atoms with E-state index in [2.05, 4.69) is 46.4 Å². The molecular weight excluding hydrogens is 422 g/mol. The van der Waals surface area contributed by atoms with Crippen molar-refractivity contribution in [1.82, 2.24) is 15.2 Å². The van der Waals surface area contributed by atoms with Gasteiger partial charge in [-0.05, 0) is 49.8 Å². The molecule has 0 aliphatic heterocycles. The standard InChI is InChI=1S/C25H31N3O3S/c1-6-17-7-9-18(10-8-17)21(28(2)3)15-26-24(29)14-20-16-32-25(27-20)19-11-12-22(30-4)23(13-19)31-5/h7-13,16,21H,6,14-15H2,1-5H3,(H,26,29). The number of ether oxygens (including phenoxy) is 2. The minimum atomic E-state index is -0.0359. The molecule has 3 rings (SSSR count). The number of rotatable bonds is 10. The smallest absolute Gasteiger partial charge is 0.226 e. The van der Waals surface area contributed by atoms with Crippen molar-refractivity contribution in [3.8, 4) is 22.1 Å². The number of thiazole rings is 1. The maximum atomic E-state index is 12.6. The molecule has 1 heterocycles. The molecule has 1 N–H and O–H groups in total. The van der Waals surface area contributed by atoms with Crippen LogP contribution in [0.2, 0.25) is 0 Å². The lowest BCUT2D eigenvalue weighted by Gasteiger charge is -2.25. The zero-order chi connectivity index (χ0) is 23.1. The Labute approximate surface area is 194 Å². The summed E-state index contributed by atoms with van der Waals surface area (Å²) in [5.74, 6) is 1.29. The third kappa shape index (κ3) is 5.87. The molecule has 0 fully saturated rings. The summed E-state index contributed by atoms with van der Waals surface area (Å²) in [5, 5.41) is 5.84. The molecule has 0 saturated carbocycles. The van der Waals surface area contributed by atoms with Crippen LogP contribution in [0.4, 0.5) is 0 Å². The molecule has 3 aromatic rings. The Hall–Kier alpha value is -2.90. The lowest BCUT2D eigenvalue weighted by atomic mass is 10.0. The minimum Gasteiger partial charge on any atom is -0.493 e. The fourth-order valence-corrected chi connectivity index (χ4v) is 4.32. The highest BCUT2D eigenvalue weighted by molar-refractivity contribution is 7.13. The monoisotopic (exact) mass is 453 g/mol. The van der Waals surface area contributed by atoms with Crippen molar-refractivity contribution in [3.05, 3.63) is 64.7 Å². The van der Waals surface area contributed by atoms with E-state index in [4.69, 9.17) is 9.47 Å². The van der Waals surface area contributed by atoms with Crippen molar-refractivity contribution in [2.45, 2.75) is 25.8 Å². The van der Waals surface area contributed by atoms with E-state index in [0.29, 0.717) is 18.0 Å². The van der Waals surface area contributed by atoms with Crippen LogP contribution < -0.4 is 14.8 Å². The van der Waals surface area contributed by atoms with Gasteiger partial charge in [0, 0.05) is 17.5 Å². The molecule has 1 unspecified atom stereocenters. The normalized spacial score (nSPS) is 11.9. The summed E-state index contributed by atoms with van der Waals surface area (Å²) < 4.78 is 10.7. The van der Waals surface area contributed by atoms with E-state index in [1.165, 1.54) is 22.5 Å². The number of amides is 1. The van der Waals surface area contributed by atoms with Gasteiger partial charge in [-0.2, -0.15) is 0 Å². The summed E-state index contributed by atoms with van der Waals surface area (Å²) >= 11 is 1.51. The van der Waals surface area contributed by atoms with Crippen molar-refractivity contribution in [2.75, 3.05) is 34.9 Å². The van der Waals surface area contributed by atoms with Crippen molar-refractivity contribution < 1.29 is 14.3 Å². The third-order valence-corrected chi connectivity index (χ3v) is 6.35. The molecule has 6 nitrogen and oxygen atoms in total. The Morgan fingerprint density at radius 1 is 1.09 bits per heavy atom. The molecule has 0 aliphatic rings. The number of aromatic nitrogens is 1. The fourth-order valence-electron chi connectivity index (χ4n) is 3.50. The zero-order valence-corrected chi connectivity index (χ0v) is 20.2. The molecule has 0 spiro atoms. The Kier molecular flexibility index (Phi) is 8.25. The molecule has 7 heteroatoms. The average Bonchev–Trinajstić information content (AvgIpc) is 3.27. The van der Waals surface area contributed by atoms with E-state index >= 15 is 0 Å². The van der Waals surface area contributed by atoms with Gasteiger partial charge in [-0.1, -0.05) is 31.2 Å². The maximum absolute atomic E-state index is 12.6. The van der Waals surface area contributed by atoms with E-state index < -0.39 is 0 Å². The van der Waals surface area contributed by atoms with Crippen LogP contribution in [0.1, 0.15) is 29.8 Å². The predicted octanol–water partition coefficient (Wildman–Crippen LogP) is 4.35. The number of hydrogen-bond donors (Lipinski definition) is 1. The number of carbonyl (C=O) groups excluding carboxylic acids is 1. The number of likely N-dealkylation sites (N-methyl/N-ethyl adjacent to an activating group) is 1. The van der Waals surface area contributed by atoms with Gasteiger partial charge in [-0.3, -0.25) is 4.79 Å². The van der Waals surface area contributed by atoms with Gasteiger partial charge in [0.2, 0.25) is 5.91 Å². The van der Waals surface area contributed by atoms with E-state index in [9.17, 15) is 4.79 Å². The van der Waals surface area contributed by atoms with Crippen molar-refractivity contribution in [1.29, 1.82) is 0 Å². The van der Waals surface area contributed by atoms with Crippen LogP contribution in [0, 0.1) is 0 Å². The zero-order valence-electron chi connectivity index (χ0n) is 19.3. The highest BCUT2D eigenvalue weighted by Gasteiger charge is 2.16. The van der Waals surface area contributed by atoms with Crippen LogP contribution in [0.5, 0.6) is 11.5 Å². The Morgan fingerprint density at radius 3 is 2.44 bits per heavy atom. The highest BCUT2D eigenvalue weighted by atomic mass is 32.1. The second-order valence-corrected chi connectivity index (χ2v) is 8.63. The van der Waals surface area contributed by atoms with Gasteiger partial charge in [0.25, 0.3) is 0 Å². The quantitative estimate of drug-likeness (QED) is 0.494. The second kappa shape index (κ2) is 11.1. The van der Waals surface area contributed by atoms with Gasteiger partial charge in [0.05, 0.1) is 32.4 Å². The van der Waals surface area contributed by atoms with Gasteiger partial charge >= 0.3 is 0 Å². The highest BCUT2D eigenvalue weighted by Crippen LogP contribution is 2.33. The van der Waals surface area contributed by atoms with Crippen LogP contribution >= 0.6 is 11.3 Å². The first-order valence-corrected chi connectivity index (χ1v) is 11.5. The van der Waals surface area contributed by atoms with Gasteiger partial charge in [-0.25, -0.2) is 4.98 Å². The second-order valence-electron chi connectivity index (χ2n) is 7.77. The minimum absolute atomic E-state index is 0.0359. The first kappa shape index (κ1) is 23.8. The van der Waals surface area contributed by atoms with Gasteiger partial charge in [-0.15, -0.1) is 11.3 Å².